The minimum Gasteiger partial charge on any atom is -0.383 e. The Morgan fingerprint density at radius 3 is 3.05 bits per heavy atom. The largest absolute Gasteiger partial charge is 0.383 e. The molecule has 3 rings (SSSR count). The van der Waals surface area contributed by atoms with Gasteiger partial charge in [-0.2, -0.15) is 5.10 Å². The first-order valence-corrected chi connectivity index (χ1v) is 6.70. The maximum absolute atomic E-state index is 12.2. The van der Waals surface area contributed by atoms with Gasteiger partial charge in [-0.3, -0.25) is 9.59 Å². The molecule has 0 radical (unpaired) electrons. The first kappa shape index (κ1) is 13.8. The lowest BCUT2D eigenvalue weighted by molar-refractivity contribution is 0.0946. The maximum Gasteiger partial charge on any atom is 0.269 e. The lowest BCUT2D eigenvalue weighted by Crippen LogP contribution is -2.28. The first-order chi connectivity index (χ1) is 10.6. The minimum absolute atomic E-state index is 0.159. The fraction of sp³-hybridized carbons (Fsp3) is 0.143. The Kier molecular flexibility index (Phi) is 3.57. The molecule has 0 bridgehead atoms. The Morgan fingerprint density at radius 1 is 1.36 bits per heavy atom. The second kappa shape index (κ2) is 5.68. The van der Waals surface area contributed by atoms with Crippen molar-refractivity contribution >= 4 is 17.2 Å². The Hall–Kier alpha value is -3.16. The Bertz CT molecular complexity index is 882. The highest BCUT2D eigenvalue weighted by Crippen LogP contribution is 2.06. The van der Waals surface area contributed by atoms with Gasteiger partial charge in [0.25, 0.3) is 11.5 Å². The van der Waals surface area contributed by atoms with Crippen LogP contribution >= 0.6 is 0 Å². The molecule has 0 aromatic carbocycles. The number of nitrogens with zero attached hydrogens (tertiary/aromatic N) is 3. The lowest BCUT2D eigenvalue weighted by Gasteiger charge is -2.07. The number of H-pyrrole nitrogens is 1. The summed E-state index contributed by atoms with van der Waals surface area (Å²) in [5, 5.41) is 6.87. The topological polar surface area (TPSA) is 118 Å². The summed E-state index contributed by atoms with van der Waals surface area (Å²) < 4.78 is 1.57. The van der Waals surface area contributed by atoms with Gasteiger partial charge in [-0.25, -0.2) is 9.50 Å². The van der Waals surface area contributed by atoms with E-state index in [2.05, 4.69) is 20.4 Å². The van der Waals surface area contributed by atoms with Crippen LogP contribution in [0, 0.1) is 0 Å². The van der Waals surface area contributed by atoms with Crippen molar-refractivity contribution in [2.45, 2.75) is 6.42 Å². The van der Waals surface area contributed by atoms with E-state index in [9.17, 15) is 9.59 Å². The minimum atomic E-state index is -0.310. The average molecular weight is 298 g/mol. The molecule has 0 saturated carbocycles. The number of anilines is 1. The number of nitrogens with two attached hydrogens (primary N) is 1. The van der Waals surface area contributed by atoms with Crippen LogP contribution in [0.3, 0.4) is 0 Å². The van der Waals surface area contributed by atoms with Crippen LogP contribution in [0.1, 0.15) is 16.3 Å². The Balaban J connectivity index is 1.67. The second-order valence-electron chi connectivity index (χ2n) is 4.70. The van der Waals surface area contributed by atoms with Crippen LogP contribution in [0.2, 0.25) is 0 Å². The molecule has 0 fully saturated rings. The van der Waals surface area contributed by atoms with Gasteiger partial charge in [-0.15, -0.1) is 0 Å². The molecule has 0 aliphatic carbocycles. The molecule has 22 heavy (non-hydrogen) atoms. The molecule has 3 heterocycles. The number of aromatic nitrogens is 4. The van der Waals surface area contributed by atoms with Crippen LogP contribution < -0.4 is 16.6 Å². The van der Waals surface area contributed by atoms with Crippen molar-refractivity contribution in [3.05, 3.63) is 58.4 Å². The highest BCUT2D eigenvalue weighted by molar-refractivity contribution is 5.93. The third-order valence-electron chi connectivity index (χ3n) is 3.11. The number of pyridine rings is 1. The number of carbonyl (C=O) groups is 1. The zero-order valence-electron chi connectivity index (χ0n) is 11.6. The highest BCUT2D eigenvalue weighted by atomic mass is 16.2. The van der Waals surface area contributed by atoms with E-state index in [1.807, 2.05) is 12.1 Å². The molecule has 8 nitrogen and oxygen atoms in total. The van der Waals surface area contributed by atoms with Crippen LogP contribution in [-0.4, -0.2) is 32.0 Å². The standard InChI is InChI=1S/C14H14N6O2/c15-11-8-13(21)19-12(18-11)5-6-16-14(22)10-3-1-2-9-4-7-17-20(9)10/h1-4,7-8H,5-6H2,(H,16,22)(H3,15,18,19,21). The zero-order chi connectivity index (χ0) is 15.5. The van der Waals surface area contributed by atoms with Crippen molar-refractivity contribution in [3.8, 4) is 0 Å². The molecule has 0 saturated heterocycles. The maximum atomic E-state index is 12.2. The van der Waals surface area contributed by atoms with E-state index in [4.69, 9.17) is 5.73 Å². The number of hydrogen-bond donors (Lipinski definition) is 3. The van der Waals surface area contributed by atoms with Gasteiger partial charge in [-0.1, -0.05) is 6.07 Å². The van der Waals surface area contributed by atoms with Crippen LogP contribution in [-0.2, 0) is 6.42 Å². The van der Waals surface area contributed by atoms with Gasteiger partial charge in [0.1, 0.15) is 17.3 Å². The molecule has 112 valence electrons. The predicted molar refractivity (Wildman–Crippen MR) is 80.5 cm³/mol. The molecule has 0 spiro atoms. The molecule has 0 atom stereocenters. The SMILES string of the molecule is Nc1cc(=O)[nH]c(CCNC(=O)c2cccc3ccnn23)n1. The summed E-state index contributed by atoms with van der Waals surface area (Å²) in [4.78, 5) is 30.0. The van der Waals surface area contributed by atoms with Crippen molar-refractivity contribution in [3.63, 3.8) is 0 Å². The summed E-state index contributed by atoms with van der Waals surface area (Å²) in [6.45, 7) is 0.322. The second-order valence-corrected chi connectivity index (χ2v) is 4.70. The molecular formula is C14H14N6O2. The van der Waals surface area contributed by atoms with Gasteiger partial charge in [-0.05, 0) is 18.2 Å². The van der Waals surface area contributed by atoms with Crippen LogP contribution in [0.15, 0.2) is 41.3 Å². The Labute approximate surface area is 125 Å². The number of amides is 1. The number of nitrogen functional groups attached to an aromatic ring is 1. The zero-order valence-corrected chi connectivity index (χ0v) is 11.6. The molecule has 8 heteroatoms. The third-order valence-corrected chi connectivity index (χ3v) is 3.11. The van der Waals surface area contributed by atoms with Crippen LogP contribution in [0.25, 0.3) is 5.52 Å². The van der Waals surface area contributed by atoms with Crippen molar-refractivity contribution in [1.29, 1.82) is 0 Å². The number of nitrogens with one attached hydrogen (secondary N) is 2. The molecule has 0 aliphatic heterocycles. The summed E-state index contributed by atoms with van der Waals surface area (Å²) in [5.74, 6) is 0.342. The number of fused-ring (bicyclic) bond motifs is 1. The van der Waals surface area contributed by atoms with E-state index in [1.54, 1.807) is 22.8 Å². The number of hydrogen-bond acceptors (Lipinski definition) is 5. The smallest absolute Gasteiger partial charge is 0.269 e. The number of aromatic amines is 1. The molecule has 0 aliphatic rings. The van der Waals surface area contributed by atoms with E-state index in [0.29, 0.717) is 24.5 Å². The summed E-state index contributed by atoms with van der Waals surface area (Å²) in [7, 11) is 0. The predicted octanol–water partition coefficient (Wildman–Crippen LogP) is -0.0277. The normalized spacial score (nSPS) is 10.7. The van der Waals surface area contributed by atoms with Crippen LogP contribution in [0.5, 0.6) is 0 Å². The third kappa shape index (κ3) is 2.80. The Morgan fingerprint density at radius 2 is 2.23 bits per heavy atom. The van der Waals surface area contributed by atoms with Crippen molar-refractivity contribution in [2.24, 2.45) is 0 Å². The van der Waals surface area contributed by atoms with E-state index in [0.717, 1.165) is 5.52 Å². The number of rotatable bonds is 4. The fourth-order valence-electron chi connectivity index (χ4n) is 2.15. The molecule has 1 amide bonds. The summed E-state index contributed by atoms with van der Waals surface area (Å²) in [5.41, 5.74) is 6.48. The molecule has 3 aromatic rings. The van der Waals surface area contributed by atoms with Gasteiger partial charge in [0.05, 0.1) is 11.7 Å². The van der Waals surface area contributed by atoms with Gasteiger partial charge in [0.15, 0.2) is 0 Å². The van der Waals surface area contributed by atoms with E-state index in [1.165, 1.54) is 6.07 Å². The molecule has 3 aromatic heterocycles. The quantitative estimate of drug-likeness (QED) is 0.625. The van der Waals surface area contributed by atoms with E-state index >= 15 is 0 Å². The lowest BCUT2D eigenvalue weighted by atomic mass is 10.3. The average Bonchev–Trinajstić information content (AvgIpc) is 2.94. The molecule has 0 unspecified atom stereocenters. The number of carbonyl (C=O) groups excluding carboxylic acids is 1. The fourth-order valence-corrected chi connectivity index (χ4v) is 2.15. The highest BCUT2D eigenvalue weighted by Gasteiger charge is 2.10. The van der Waals surface area contributed by atoms with Gasteiger partial charge < -0.3 is 16.0 Å². The monoisotopic (exact) mass is 298 g/mol. The summed E-state index contributed by atoms with van der Waals surface area (Å²) in [6.07, 6.45) is 2.01. The van der Waals surface area contributed by atoms with Crippen molar-refractivity contribution in [2.75, 3.05) is 12.3 Å². The van der Waals surface area contributed by atoms with Gasteiger partial charge >= 0.3 is 0 Å². The van der Waals surface area contributed by atoms with Crippen molar-refractivity contribution in [1.82, 2.24) is 24.9 Å². The van der Waals surface area contributed by atoms with E-state index < -0.39 is 0 Å². The van der Waals surface area contributed by atoms with Crippen molar-refractivity contribution < 1.29 is 4.79 Å². The van der Waals surface area contributed by atoms with Gasteiger partial charge in [0, 0.05) is 19.0 Å². The molecule has 4 N–H and O–H groups in total. The summed E-state index contributed by atoms with van der Waals surface area (Å²) >= 11 is 0. The first-order valence-electron chi connectivity index (χ1n) is 6.70. The molecular weight excluding hydrogens is 284 g/mol. The van der Waals surface area contributed by atoms with E-state index in [-0.39, 0.29) is 17.3 Å². The van der Waals surface area contributed by atoms with Gasteiger partial charge in [0.2, 0.25) is 0 Å². The summed E-state index contributed by atoms with van der Waals surface area (Å²) in [6, 6.07) is 8.38. The van der Waals surface area contributed by atoms with Crippen LogP contribution in [0.4, 0.5) is 5.82 Å².